The first-order valence-electron chi connectivity index (χ1n) is 13.1. The predicted octanol–water partition coefficient (Wildman–Crippen LogP) is 4.83. The number of hydrogen-bond donors (Lipinski definition) is 1. The van der Waals surface area contributed by atoms with Crippen molar-refractivity contribution in [1.29, 1.82) is 0 Å². The number of likely N-dealkylation sites (tertiary alicyclic amines) is 1. The van der Waals surface area contributed by atoms with Gasteiger partial charge in [0.05, 0.1) is 17.5 Å². The lowest BCUT2D eigenvalue weighted by molar-refractivity contribution is 0.0574. The summed E-state index contributed by atoms with van der Waals surface area (Å²) in [5.41, 5.74) is 3.63. The molecule has 0 spiro atoms. The number of carboxylic acids is 1. The standard InChI is InChI=1S/C28H37N5O3/c1-18(2)36-27-25-23(20-12-10-19(11-13-20)15-32-16-22(17-32)31(3)4)14-24(28(34)35)29-26(25)33(30-27)21-8-6-5-7-9-21/h10-14,18,21-22H,5-9,15-17H2,1-4H3,(H,34,35). The van der Waals surface area contributed by atoms with Gasteiger partial charge in [0.1, 0.15) is 0 Å². The Kier molecular flexibility index (Phi) is 6.99. The zero-order chi connectivity index (χ0) is 25.4. The van der Waals surface area contributed by atoms with Gasteiger partial charge in [-0.05, 0) is 58.0 Å². The van der Waals surface area contributed by atoms with E-state index in [0.29, 0.717) is 17.6 Å². The van der Waals surface area contributed by atoms with Gasteiger partial charge in [-0.2, -0.15) is 0 Å². The number of pyridine rings is 1. The molecular formula is C28H37N5O3. The van der Waals surface area contributed by atoms with Gasteiger partial charge in [-0.1, -0.05) is 43.5 Å². The molecule has 1 aliphatic heterocycles. The highest BCUT2D eigenvalue weighted by Gasteiger charge is 2.29. The number of rotatable bonds is 8. The van der Waals surface area contributed by atoms with Crippen molar-refractivity contribution in [3.63, 3.8) is 0 Å². The third-order valence-corrected chi connectivity index (χ3v) is 7.46. The number of aromatic carboxylic acids is 1. The molecule has 3 aromatic rings. The fourth-order valence-corrected chi connectivity index (χ4v) is 5.37. The van der Waals surface area contributed by atoms with Crippen molar-refractivity contribution in [2.24, 2.45) is 0 Å². The van der Waals surface area contributed by atoms with Crippen molar-refractivity contribution in [2.75, 3.05) is 27.2 Å². The van der Waals surface area contributed by atoms with E-state index < -0.39 is 5.97 Å². The molecule has 1 aliphatic carbocycles. The maximum Gasteiger partial charge on any atom is 0.354 e. The minimum Gasteiger partial charge on any atom is -0.477 e. The summed E-state index contributed by atoms with van der Waals surface area (Å²) >= 11 is 0. The molecule has 2 aliphatic rings. The lowest BCUT2D eigenvalue weighted by Gasteiger charge is -2.42. The number of fused-ring (bicyclic) bond motifs is 1. The summed E-state index contributed by atoms with van der Waals surface area (Å²) in [6.07, 6.45) is 5.50. The van der Waals surface area contributed by atoms with Crippen LogP contribution in [-0.4, -0.2) is 75.0 Å². The van der Waals surface area contributed by atoms with Crippen molar-refractivity contribution in [3.8, 4) is 17.0 Å². The number of benzene rings is 1. The highest BCUT2D eigenvalue weighted by atomic mass is 16.5. The summed E-state index contributed by atoms with van der Waals surface area (Å²) < 4.78 is 8.09. The molecule has 5 rings (SSSR count). The molecule has 1 saturated carbocycles. The zero-order valence-electron chi connectivity index (χ0n) is 21.8. The molecule has 1 aromatic carbocycles. The molecule has 0 amide bonds. The highest BCUT2D eigenvalue weighted by molar-refractivity contribution is 6.01. The van der Waals surface area contributed by atoms with Gasteiger partial charge in [-0.3, -0.25) is 4.90 Å². The van der Waals surface area contributed by atoms with Crippen LogP contribution >= 0.6 is 0 Å². The number of aromatic nitrogens is 3. The van der Waals surface area contributed by atoms with Crippen LogP contribution in [-0.2, 0) is 6.54 Å². The first-order chi connectivity index (χ1) is 17.3. The van der Waals surface area contributed by atoms with E-state index in [-0.39, 0.29) is 17.8 Å². The Bertz CT molecular complexity index is 1220. The number of carbonyl (C=O) groups is 1. The Labute approximate surface area is 212 Å². The molecule has 36 heavy (non-hydrogen) atoms. The van der Waals surface area contributed by atoms with E-state index in [4.69, 9.17) is 9.84 Å². The Hall–Kier alpha value is -2.97. The van der Waals surface area contributed by atoms with E-state index >= 15 is 0 Å². The first-order valence-corrected chi connectivity index (χ1v) is 13.1. The summed E-state index contributed by atoms with van der Waals surface area (Å²) in [6.45, 7) is 7.04. The molecule has 3 heterocycles. The average Bonchev–Trinajstić information content (AvgIpc) is 3.19. The van der Waals surface area contributed by atoms with Gasteiger partial charge in [0, 0.05) is 31.2 Å². The second kappa shape index (κ2) is 10.2. The maximum absolute atomic E-state index is 12.1. The van der Waals surface area contributed by atoms with Crippen molar-refractivity contribution >= 4 is 17.0 Å². The van der Waals surface area contributed by atoms with Gasteiger partial charge >= 0.3 is 5.97 Å². The first kappa shape index (κ1) is 24.7. The third kappa shape index (κ3) is 4.97. The molecule has 0 radical (unpaired) electrons. The number of carboxylic acid groups (broad SMARTS) is 1. The van der Waals surface area contributed by atoms with Crippen molar-refractivity contribution < 1.29 is 14.6 Å². The van der Waals surface area contributed by atoms with E-state index in [9.17, 15) is 9.90 Å². The van der Waals surface area contributed by atoms with E-state index in [2.05, 4.69) is 53.1 Å². The van der Waals surface area contributed by atoms with Crippen LogP contribution in [0, 0.1) is 0 Å². The van der Waals surface area contributed by atoms with Gasteiger partial charge in [0.15, 0.2) is 11.3 Å². The Morgan fingerprint density at radius 2 is 1.83 bits per heavy atom. The summed E-state index contributed by atoms with van der Waals surface area (Å²) in [7, 11) is 4.26. The predicted molar refractivity (Wildman–Crippen MR) is 141 cm³/mol. The van der Waals surface area contributed by atoms with E-state index in [1.54, 1.807) is 6.07 Å². The lowest BCUT2D eigenvalue weighted by atomic mass is 9.95. The Morgan fingerprint density at radius 1 is 1.14 bits per heavy atom. The van der Waals surface area contributed by atoms with Crippen LogP contribution in [0.25, 0.3) is 22.2 Å². The number of likely N-dealkylation sites (N-methyl/N-ethyl adjacent to an activating group) is 1. The van der Waals surface area contributed by atoms with E-state index in [1.165, 1.54) is 12.0 Å². The number of ether oxygens (including phenoxy) is 1. The molecule has 0 bridgehead atoms. The maximum atomic E-state index is 12.1. The largest absolute Gasteiger partial charge is 0.477 e. The molecule has 192 valence electrons. The quantitative estimate of drug-likeness (QED) is 0.483. The van der Waals surface area contributed by atoms with Crippen molar-refractivity contribution in [3.05, 3.63) is 41.6 Å². The summed E-state index contributed by atoms with van der Waals surface area (Å²) in [6, 6.07) is 10.9. The van der Waals surface area contributed by atoms with Crippen LogP contribution in [0.4, 0.5) is 0 Å². The summed E-state index contributed by atoms with van der Waals surface area (Å²) in [4.78, 5) is 21.3. The molecule has 8 nitrogen and oxygen atoms in total. The van der Waals surface area contributed by atoms with Crippen molar-refractivity contribution in [2.45, 2.75) is 70.7 Å². The average molecular weight is 492 g/mol. The van der Waals surface area contributed by atoms with Crippen molar-refractivity contribution in [1.82, 2.24) is 24.6 Å². The van der Waals surface area contributed by atoms with E-state index in [0.717, 1.165) is 61.8 Å². The number of nitrogens with zero attached hydrogens (tertiary/aromatic N) is 5. The van der Waals surface area contributed by atoms with Gasteiger partial charge in [-0.15, -0.1) is 5.10 Å². The normalized spacial score (nSPS) is 17.7. The molecule has 0 atom stereocenters. The monoisotopic (exact) mass is 491 g/mol. The third-order valence-electron chi connectivity index (χ3n) is 7.46. The van der Waals surface area contributed by atoms with Crippen LogP contribution in [0.15, 0.2) is 30.3 Å². The molecular weight excluding hydrogens is 454 g/mol. The Morgan fingerprint density at radius 3 is 2.44 bits per heavy atom. The number of hydrogen-bond acceptors (Lipinski definition) is 6. The van der Waals surface area contributed by atoms with Gasteiger partial charge in [0.25, 0.3) is 0 Å². The van der Waals surface area contributed by atoms with Crippen LogP contribution < -0.4 is 4.74 Å². The second-order valence-corrected chi connectivity index (χ2v) is 10.8. The second-order valence-electron chi connectivity index (χ2n) is 10.8. The molecule has 0 unspecified atom stereocenters. The van der Waals surface area contributed by atoms with Gasteiger partial charge in [-0.25, -0.2) is 14.5 Å². The molecule has 1 N–H and O–H groups in total. The summed E-state index contributed by atoms with van der Waals surface area (Å²) in [5.74, 6) is -0.505. The van der Waals surface area contributed by atoms with Crippen LogP contribution in [0.1, 0.15) is 68.0 Å². The minimum atomic E-state index is -1.04. The van der Waals surface area contributed by atoms with Crippen LogP contribution in [0.2, 0.25) is 0 Å². The summed E-state index contributed by atoms with van der Waals surface area (Å²) in [5, 5.41) is 15.5. The Balaban J connectivity index is 1.54. The molecule has 2 fully saturated rings. The fraction of sp³-hybridized carbons (Fsp3) is 0.536. The fourth-order valence-electron chi connectivity index (χ4n) is 5.37. The smallest absolute Gasteiger partial charge is 0.354 e. The molecule has 1 saturated heterocycles. The van der Waals surface area contributed by atoms with Crippen LogP contribution in [0.3, 0.4) is 0 Å². The lowest BCUT2D eigenvalue weighted by Crippen LogP contribution is -2.56. The van der Waals surface area contributed by atoms with E-state index in [1.807, 2.05) is 18.5 Å². The zero-order valence-corrected chi connectivity index (χ0v) is 21.8. The molecule has 8 heteroatoms. The molecule has 2 aromatic heterocycles. The SMILES string of the molecule is CC(C)Oc1nn(C2CCCCC2)c2nc(C(=O)O)cc(-c3ccc(CN4CC(N(C)C)C4)cc3)c12. The van der Waals surface area contributed by atoms with Gasteiger partial charge < -0.3 is 14.7 Å². The topological polar surface area (TPSA) is 83.7 Å². The van der Waals surface area contributed by atoms with Gasteiger partial charge in [0.2, 0.25) is 5.88 Å². The highest BCUT2D eigenvalue weighted by Crippen LogP contribution is 2.39. The van der Waals surface area contributed by atoms with Crippen LogP contribution in [0.5, 0.6) is 5.88 Å². The minimum absolute atomic E-state index is 0.0324.